The number of rotatable bonds is 6. The van der Waals surface area contributed by atoms with Crippen LogP contribution >= 0.6 is 11.6 Å². The minimum absolute atomic E-state index is 0.147. The van der Waals surface area contributed by atoms with Gasteiger partial charge in [-0.25, -0.2) is 8.42 Å². The van der Waals surface area contributed by atoms with Crippen LogP contribution in [-0.4, -0.2) is 22.1 Å². The summed E-state index contributed by atoms with van der Waals surface area (Å²) in [6.45, 7) is 5.65. The zero-order valence-electron chi connectivity index (χ0n) is 13.0. The van der Waals surface area contributed by atoms with E-state index in [2.05, 4.69) is 6.58 Å². The first-order valence-corrected chi connectivity index (χ1v) is 8.76. The molecule has 0 unspecified atom stereocenters. The van der Waals surface area contributed by atoms with Gasteiger partial charge in [-0.2, -0.15) is 0 Å². The average molecular weight is 352 g/mol. The van der Waals surface area contributed by atoms with Gasteiger partial charge in [-0.3, -0.25) is 4.31 Å². The van der Waals surface area contributed by atoms with Crippen molar-refractivity contribution in [1.82, 2.24) is 0 Å². The fourth-order valence-corrected chi connectivity index (χ4v) is 3.67. The van der Waals surface area contributed by atoms with Crippen LogP contribution in [0.5, 0.6) is 5.75 Å². The number of aryl methyl sites for hydroxylation is 1. The largest absolute Gasteiger partial charge is 0.497 e. The van der Waals surface area contributed by atoms with Crippen LogP contribution in [0.4, 0.5) is 5.69 Å². The van der Waals surface area contributed by atoms with E-state index < -0.39 is 10.0 Å². The van der Waals surface area contributed by atoms with Crippen molar-refractivity contribution in [3.63, 3.8) is 0 Å². The van der Waals surface area contributed by atoms with Crippen LogP contribution in [0.15, 0.2) is 60.0 Å². The molecular weight excluding hydrogens is 334 g/mol. The van der Waals surface area contributed by atoms with Crippen LogP contribution in [0, 0.1) is 6.92 Å². The Morgan fingerprint density at radius 3 is 2.39 bits per heavy atom. The number of hydrogen-bond donors (Lipinski definition) is 0. The number of nitrogens with zero attached hydrogens (tertiary/aromatic N) is 1. The van der Waals surface area contributed by atoms with Gasteiger partial charge in [0.1, 0.15) is 5.75 Å². The second kappa shape index (κ2) is 7.06. The van der Waals surface area contributed by atoms with Crippen LogP contribution in [-0.2, 0) is 10.0 Å². The van der Waals surface area contributed by atoms with Crippen molar-refractivity contribution in [2.24, 2.45) is 0 Å². The molecule has 0 aliphatic rings. The summed E-state index contributed by atoms with van der Waals surface area (Å²) in [4.78, 5) is 0.178. The lowest BCUT2D eigenvalue weighted by Gasteiger charge is -2.23. The lowest BCUT2D eigenvalue weighted by molar-refractivity contribution is 0.414. The zero-order valence-corrected chi connectivity index (χ0v) is 14.6. The summed E-state index contributed by atoms with van der Waals surface area (Å²) >= 11 is 6.13. The molecule has 0 aliphatic carbocycles. The van der Waals surface area contributed by atoms with Gasteiger partial charge in [-0.05, 0) is 48.9 Å². The fourth-order valence-electron chi connectivity index (χ4n) is 2.07. The number of sulfonamides is 1. The molecule has 0 radical (unpaired) electrons. The Hall–Kier alpha value is -1.98. The van der Waals surface area contributed by atoms with E-state index in [4.69, 9.17) is 16.3 Å². The summed E-state index contributed by atoms with van der Waals surface area (Å²) in [5.74, 6) is 0.595. The standard InChI is InChI=1S/C17H18ClNO3S/c1-4-11-19(14-6-5-13(2)17(18)12-14)23(20,21)16-9-7-15(22-3)8-10-16/h4-10,12H,1,11H2,2-3H3. The second-order valence-electron chi connectivity index (χ2n) is 4.93. The highest BCUT2D eigenvalue weighted by Gasteiger charge is 2.24. The Bertz CT molecular complexity index is 801. The van der Waals surface area contributed by atoms with Crippen LogP contribution < -0.4 is 9.04 Å². The first-order chi connectivity index (χ1) is 10.9. The Balaban J connectivity index is 2.49. The number of halogens is 1. The summed E-state index contributed by atoms with van der Waals surface area (Å²) in [7, 11) is -2.19. The van der Waals surface area contributed by atoms with Gasteiger partial charge in [0.2, 0.25) is 0 Å². The van der Waals surface area contributed by atoms with Gasteiger partial charge in [0.05, 0.1) is 24.2 Å². The smallest absolute Gasteiger partial charge is 0.264 e. The summed E-state index contributed by atoms with van der Waals surface area (Å²) in [5, 5.41) is 0.515. The van der Waals surface area contributed by atoms with Crippen molar-refractivity contribution in [2.45, 2.75) is 11.8 Å². The number of benzene rings is 2. The van der Waals surface area contributed by atoms with Gasteiger partial charge in [0.15, 0.2) is 0 Å². The normalized spacial score (nSPS) is 11.1. The third-order valence-electron chi connectivity index (χ3n) is 3.39. The van der Waals surface area contributed by atoms with E-state index in [-0.39, 0.29) is 11.4 Å². The predicted octanol–water partition coefficient (Wildman–Crippen LogP) is 4.04. The van der Waals surface area contributed by atoms with E-state index in [1.54, 1.807) is 30.3 Å². The maximum atomic E-state index is 12.9. The first-order valence-electron chi connectivity index (χ1n) is 6.94. The molecule has 0 saturated carbocycles. The molecule has 0 bridgehead atoms. The molecule has 2 aromatic rings. The SMILES string of the molecule is C=CCN(c1ccc(C)c(Cl)c1)S(=O)(=O)c1ccc(OC)cc1. The Labute approximate surface area is 142 Å². The Morgan fingerprint density at radius 2 is 1.87 bits per heavy atom. The highest BCUT2D eigenvalue weighted by Crippen LogP contribution is 2.28. The summed E-state index contributed by atoms with van der Waals surface area (Å²) < 4.78 is 32.2. The first kappa shape index (κ1) is 17.4. The molecule has 0 aromatic heterocycles. The Morgan fingerprint density at radius 1 is 1.22 bits per heavy atom. The maximum Gasteiger partial charge on any atom is 0.264 e. The summed E-state index contributed by atoms with van der Waals surface area (Å²) in [5.41, 5.74) is 1.38. The quantitative estimate of drug-likeness (QED) is 0.738. The van der Waals surface area contributed by atoms with E-state index in [0.717, 1.165) is 5.56 Å². The molecule has 2 rings (SSSR count). The van der Waals surface area contributed by atoms with Gasteiger partial charge in [-0.15, -0.1) is 6.58 Å². The fraction of sp³-hybridized carbons (Fsp3) is 0.176. The van der Waals surface area contributed by atoms with Crippen LogP contribution in [0.2, 0.25) is 5.02 Å². The van der Waals surface area contributed by atoms with Gasteiger partial charge in [0, 0.05) is 5.02 Å². The molecule has 0 saturated heterocycles. The average Bonchev–Trinajstić information content (AvgIpc) is 2.55. The van der Waals surface area contributed by atoms with Gasteiger partial charge in [-0.1, -0.05) is 23.7 Å². The second-order valence-corrected chi connectivity index (χ2v) is 7.20. The predicted molar refractivity (Wildman–Crippen MR) is 93.9 cm³/mol. The number of methoxy groups -OCH3 is 1. The third-order valence-corrected chi connectivity index (χ3v) is 5.60. The molecule has 2 aromatic carbocycles. The van der Waals surface area contributed by atoms with E-state index in [1.807, 2.05) is 6.92 Å². The van der Waals surface area contributed by atoms with Crippen LogP contribution in [0.25, 0.3) is 0 Å². The number of anilines is 1. The van der Waals surface area contributed by atoms with Gasteiger partial charge >= 0.3 is 0 Å². The summed E-state index contributed by atoms with van der Waals surface area (Å²) in [6.07, 6.45) is 1.54. The summed E-state index contributed by atoms with van der Waals surface area (Å²) in [6, 6.07) is 11.4. The van der Waals surface area contributed by atoms with Crippen molar-refractivity contribution < 1.29 is 13.2 Å². The van der Waals surface area contributed by atoms with Crippen molar-refractivity contribution in [3.8, 4) is 5.75 Å². The van der Waals surface area contributed by atoms with E-state index in [9.17, 15) is 8.42 Å². The van der Waals surface area contributed by atoms with E-state index in [1.165, 1.54) is 29.6 Å². The molecule has 4 nitrogen and oxygen atoms in total. The van der Waals surface area contributed by atoms with Crippen molar-refractivity contribution in [3.05, 3.63) is 65.7 Å². The Kier molecular flexibility index (Phi) is 5.34. The lowest BCUT2D eigenvalue weighted by Crippen LogP contribution is -2.31. The van der Waals surface area contributed by atoms with Crippen LogP contribution in [0.1, 0.15) is 5.56 Å². The highest BCUT2D eigenvalue weighted by molar-refractivity contribution is 7.92. The number of ether oxygens (including phenoxy) is 1. The van der Waals surface area contributed by atoms with E-state index in [0.29, 0.717) is 16.5 Å². The third kappa shape index (κ3) is 3.68. The molecule has 0 aliphatic heterocycles. The monoisotopic (exact) mass is 351 g/mol. The molecule has 0 atom stereocenters. The highest BCUT2D eigenvalue weighted by atomic mass is 35.5. The molecule has 23 heavy (non-hydrogen) atoms. The molecule has 0 fully saturated rings. The van der Waals surface area contributed by atoms with Crippen molar-refractivity contribution in [1.29, 1.82) is 0 Å². The molecule has 6 heteroatoms. The number of hydrogen-bond acceptors (Lipinski definition) is 3. The molecular formula is C17H18ClNO3S. The molecule has 122 valence electrons. The van der Waals surface area contributed by atoms with Crippen molar-refractivity contribution >= 4 is 27.3 Å². The molecule has 0 heterocycles. The van der Waals surface area contributed by atoms with Crippen LogP contribution in [0.3, 0.4) is 0 Å². The molecule has 0 amide bonds. The van der Waals surface area contributed by atoms with Gasteiger partial charge in [0.25, 0.3) is 10.0 Å². The lowest BCUT2D eigenvalue weighted by atomic mass is 10.2. The topological polar surface area (TPSA) is 46.6 Å². The zero-order chi connectivity index (χ0) is 17.0. The maximum absolute atomic E-state index is 12.9. The van der Waals surface area contributed by atoms with E-state index >= 15 is 0 Å². The van der Waals surface area contributed by atoms with Gasteiger partial charge < -0.3 is 4.74 Å². The molecule has 0 spiro atoms. The molecule has 0 N–H and O–H groups in total. The minimum atomic E-state index is -3.72. The minimum Gasteiger partial charge on any atom is -0.497 e. The van der Waals surface area contributed by atoms with Crippen molar-refractivity contribution in [2.75, 3.05) is 18.0 Å².